The smallest absolute Gasteiger partial charge is 0.338 e. The van der Waals surface area contributed by atoms with Crippen molar-refractivity contribution in [2.45, 2.75) is 13.8 Å². The molecule has 0 radical (unpaired) electrons. The largest absolute Gasteiger partial charge is 0.462 e. The lowest BCUT2D eigenvalue weighted by Crippen LogP contribution is -2.04. The van der Waals surface area contributed by atoms with Gasteiger partial charge in [-0.25, -0.2) is 9.59 Å². The molecule has 124 valence electrons. The third-order valence-corrected chi connectivity index (χ3v) is 3.31. The molecule has 0 saturated carbocycles. The maximum atomic E-state index is 11.6. The van der Waals surface area contributed by atoms with E-state index in [9.17, 15) is 9.59 Å². The van der Waals surface area contributed by atoms with Crippen LogP contribution in [-0.4, -0.2) is 25.2 Å². The second-order valence-corrected chi connectivity index (χ2v) is 5.02. The number of carbonyl (C=O) groups is 2. The second-order valence-electron chi connectivity index (χ2n) is 5.02. The first-order chi connectivity index (χ1) is 11.6. The molecule has 0 unspecified atom stereocenters. The number of benzene rings is 2. The molecule has 0 saturated heterocycles. The summed E-state index contributed by atoms with van der Waals surface area (Å²) in [4.78, 5) is 23.2. The summed E-state index contributed by atoms with van der Waals surface area (Å²) in [5, 5.41) is 0. The van der Waals surface area contributed by atoms with Crippen LogP contribution in [0.5, 0.6) is 0 Å². The van der Waals surface area contributed by atoms with Gasteiger partial charge in [0.2, 0.25) is 0 Å². The average molecular weight is 324 g/mol. The van der Waals surface area contributed by atoms with E-state index in [2.05, 4.69) is 0 Å². The van der Waals surface area contributed by atoms with E-state index in [-0.39, 0.29) is 11.9 Å². The Bertz CT molecular complexity index is 649. The minimum atomic E-state index is -0.317. The number of rotatable bonds is 6. The van der Waals surface area contributed by atoms with Gasteiger partial charge < -0.3 is 9.47 Å². The van der Waals surface area contributed by atoms with Gasteiger partial charge in [0.15, 0.2) is 0 Å². The predicted molar refractivity (Wildman–Crippen MR) is 93.7 cm³/mol. The fourth-order valence-electron chi connectivity index (χ4n) is 2.08. The van der Waals surface area contributed by atoms with E-state index in [1.165, 1.54) is 0 Å². The minimum Gasteiger partial charge on any atom is -0.462 e. The molecule has 2 aromatic rings. The number of esters is 2. The van der Waals surface area contributed by atoms with Crippen molar-refractivity contribution in [3.8, 4) is 0 Å². The molecule has 0 aliphatic rings. The van der Waals surface area contributed by atoms with Crippen LogP contribution in [0.2, 0.25) is 0 Å². The maximum Gasteiger partial charge on any atom is 0.338 e. The maximum absolute atomic E-state index is 11.6. The van der Waals surface area contributed by atoms with Gasteiger partial charge in [-0.05, 0) is 49.2 Å². The molecular weight excluding hydrogens is 304 g/mol. The first kappa shape index (κ1) is 17.5. The fraction of sp³-hybridized carbons (Fsp3) is 0.200. The van der Waals surface area contributed by atoms with Crippen LogP contribution >= 0.6 is 0 Å². The Balaban J connectivity index is 2.02. The van der Waals surface area contributed by atoms with Crippen molar-refractivity contribution in [1.82, 2.24) is 0 Å². The summed E-state index contributed by atoms with van der Waals surface area (Å²) in [5.41, 5.74) is 3.01. The average Bonchev–Trinajstić information content (AvgIpc) is 2.61. The molecule has 0 fully saturated rings. The second kappa shape index (κ2) is 8.67. The molecule has 0 atom stereocenters. The van der Waals surface area contributed by atoms with Crippen LogP contribution in [0.25, 0.3) is 12.2 Å². The van der Waals surface area contributed by atoms with E-state index in [0.717, 1.165) is 11.1 Å². The van der Waals surface area contributed by atoms with E-state index in [1.54, 1.807) is 38.1 Å². The Labute approximate surface area is 141 Å². The molecule has 0 amide bonds. The highest BCUT2D eigenvalue weighted by Gasteiger charge is 2.05. The lowest BCUT2D eigenvalue weighted by atomic mass is 10.1. The number of hydrogen-bond donors (Lipinski definition) is 0. The van der Waals surface area contributed by atoms with E-state index >= 15 is 0 Å². The highest BCUT2D eigenvalue weighted by molar-refractivity contribution is 5.90. The number of hydrogen-bond acceptors (Lipinski definition) is 4. The molecule has 0 aliphatic carbocycles. The highest BCUT2D eigenvalue weighted by Crippen LogP contribution is 2.12. The zero-order valence-corrected chi connectivity index (χ0v) is 13.8. The molecule has 2 aromatic carbocycles. The summed E-state index contributed by atoms with van der Waals surface area (Å²) in [6.07, 6.45) is 3.88. The van der Waals surface area contributed by atoms with Gasteiger partial charge in [0, 0.05) is 0 Å². The van der Waals surface area contributed by atoms with Gasteiger partial charge in [-0.15, -0.1) is 0 Å². The normalized spacial score (nSPS) is 10.6. The summed E-state index contributed by atoms with van der Waals surface area (Å²) in [6.45, 7) is 4.29. The Morgan fingerprint density at radius 1 is 0.708 bits per heavy atom. The van der Waals surface area contributed by atoms with Gasteiger partial charge in [-0.3, -0.25) is 0 Å². The summed E-state index contributed by atoms with van der Waals surface area (Å²) in [5.74, 6) is -0.634. The Hall–Kier alpha value is -2.88. The van der Waals surface area contributed by atoms with Crippen LogP contribution in [0, 0.1) is 0 Å². The van der Waals surface area contributed by atoms with Crippen LogP contribution in [0.3, 0.4) is 0 Å². The Morgan fingerprint density at radius 3 is 1.33 bits per heavy atom. The van der Waals surface area contributed by atoms with Gasteiger partial charge in [0.25, 0.3) is 0 Å². The fourth-order valence-corrected chi connectivity index (χ4v) is 2.08. The van der Waals surface area contributed by atoms with Crippen molar-refractivity contribution in [2.75, 3.05) is 13.2 Å². The van der Waals surface area contributed by atoms with Crippen LogP contribution < -0.4 is 0 Å². The first-order valence-electron chi connectivity index (χ1n) is 7.86. The Kier molecular flexibility index (Phi) is 6.32. The van der Waals surface area contributed by atoms with Gasteiger partial charge in [0.05, 0.1) is 24.3 Å². The molecular formula is C20H20O4. The third kappa shape index (κ3) is 4.81. The molecule has 0 aliphatic heterocycles. The molecule has 2 rings (SSSR count). The summed E-state index contributed by atoms with van der Waals surface area (Å²) in [7, 11) is 0. The molecule has 0 spiro atoms. The highest BCUT2D eigenvalue weighted by atomic mass is 16.5. The van der Waals surface area contributed by atoms with Gasteiger partial charge in [-0.1, -0.05) is 36.4 Å². The quantitative estimate of drug-likeness (QED) is 0.590. The number of ether oxygens (including phenoxy) is 2. The lowest BCUT2D eigenvalue weighted by molar-refractivity contribution is 0.0516. The van der Waals surface area contributed by atoms with Crippen LogP contribution in [0.4, 0.5) is 0 Å². The first-order valence-corrected chi connectivity index (χ1v) is 7.86. The molecule has 24 heavy (non-hydrogen) atoms. The van der Waals surface area contributed by atoms with Crippen LogP contribution in [-0.2, 0) is 9.47 Å². The van der Waals surface area contributed by atoms with E-state index < -0.39 is 0 Å². The zero-order chi connectivity index (χ0) is 17.4. The van der Waals surface area contributed by atoms with E-state index in [4.69, 9.17) is 9.47 Å². The molecule has 4 heteroatoms. The van der Waals surface area contributed by atoms with Crippen molar-refractivity contribution in [2.24, 2.45) is 0 Å². The third-order valence-electron chi connectivity index (χ3n) is 3.31. The monoisotopic (exact) mass is 324 g/mol. The van der Waals surface area contributed by atoms with Crippen molar-refractivity contribution in [3.05, 3.63) is 70.8 Å². The van der Waals surface area contributed by atoms with Gasteiger partial charge in [-0.2, -0.15) is 0 Å². The molecule has 4 nitrogen and oxygen atoms in total. The SMILES string of the molecule is CCOC(=O)c1ccc(/C=C/c2ccc(C(=O)OCC)cc2)cc1. The Morgan fingerprint density at radius 2 is 1.04 bits per heavy atom. The molecule has 0 aromatic heterocycles. The minimum absolute atomic E-state index is 0.317. The van der Waals surface area contributed by atoms with E-state index in [1.807, 2.05) is 36.4 Å². The standard InChI is InChI=1S/C20H20O4/c1-3-23-19(21)17-11-7-15(8-12-17)5-6-16-9-13-18(14-10-16)20(22)24-4-2/h5-14H,3-4H2,1-2H3/b6-5+. The van der Waals surface area contributed by atoms with Crippen molar-refractivity contribution in [1.29, 1.82) is 0 Å². The lowest BCUT2D eigenvalue weighted by Gasteiger charge is -2.02. The van der Waals surface area contributed by atoms with E-state index in [0.29, 0.717) is 24.3 Å². The summed E-state index contributed by atoms with van der Waals surface area (Å²) in [6, 6.07) is 14.4. The molecule has 0 heterocycles. The predicted octanol–water partition coefficient (Wildman–Crippen LogP) is 4.21. The van der Waals surface area contributed by atoms with Crippen molar-refractivity contribution >= 4 is 24.1 Å². The summed E-state index contributed by atoms with van der Waals surface area (Å²) < 4.78 is 9.90. The zero-order valence-electron chi connectivity index (χ0n) is 13.8. The van der Waals surface area contributed by atoms with Gasteiger partial charge >= 0.3 is 11.9 Å². The van der Waals surface area contributed by atoms with Crippen molar-refractivity contribution < 1.29 is 19.1 Å². The van der Waals surface area contributed by atoms with Crippen LogP contribution in [0.1, 0.15) is 45.7 Å². The molecule has 0 bridgehead atoms. The topological polar surface area (TPSA) is 52.6 Å². The number of carbonyl (C=O) groups excluding carboxylic acids is 2. The van der Waals surface area contributed by atoms with Crippen molar-refractivity contribution in [3.63, 3.8) is 0 Å². The summed E-state index contributed by atoms with van der Waals surface area (Å²) >= 11 is 0. The van der Waals surface area contributed by atoms with Crippen LogP contribution in [0.15, 0.2) is 48.5 Å². The van der Waals surface area contributed by atoms with Gasteiger partial charge in [0.1, 0.15) is 0 Å². The molecule has 0 N–H and O–H groups in total.